The number of anilines is 1. The van der Waals surface area contributed by atoms with Gasteiger partial charge in [0.05, 0.1) is 11.2 Å². The quantitative estimate of drug-likeness (QED) is 0.665. The van der Waals surface area contributed by atoms with E-state index in [1.54, 1.807) is 36.7 Å². The molecule has 26 heavy (non-hydrogen) atoms. The van der Waals surface area contributed by atoms with Gasteiger partial charge in [0, 0.05) is 5.69 Å². The van der Waals surface area contributed by atoms with Crippen LogP contribution in [0.5, 0.6) is 11.5 Å². The van der Waals surface area contributed by atoms with Gasteiger partial charge in [-0.2, -0.15) is 0 Å². The number of aromatic nitrogens is 1. The molecule has 1 N–H and O–H groups in total. The van der Waals surface area contributed by atoms with Gasteiger partial charge < -0.3 is 14.8 Å². The van der Waals surface area contributed by atoms with Crippen molar-refractivity contribution in [2.24, 2.45) is 0 Å². The zero-order chi connectivity index (χ0) is 18.4. The van der Waals surface area contributed by atoms with Crippen molar-refractivity contribution in [1.82, 2.24) is 4.98 Å². The SMILES string of the molecule is Cc1ncsc1C(=O)OCC(=O)Nc1ccc(Oc2ccccc2)cc1. The van der Waals surface area contributed by atoms with Crippen molar-refractivity contribution in [3.8, 4) is 11.5 Å². The number of rotatable bonds is 6. The van der Waals surface area contributed by atoms with Gasteiger partial charge >= 0.3 is 5.97 Å². The molecule has 3 rings (SSSR count). The van der Waals surface area contributed by atoms with Crippen molar-refractivity contribution in [3.05, 3.63) is 70.7 Å². The standard InChI is InChI=1S/C19H16N2O4S/c1-13-18(26-12-20-13)19(23)24-11-17(22)21-14-7-9-16(10-8-14)25-15-5-3-2-4-6-15/h2-10,12H,11H2,1H3,(H,21,22). The van der Waals surface area contributed by atoms with Crippen LogP contribution in [0, 0.1) is 6.92 Å². The minimum Gasteiger partial charge on any atom is -0.457 e. The van der Waals surface area contributed by atoms with Crippen LogP contribution in [-0.2, 0) is 9.53 Å². The number of nitrogens with zero attached hydrogens (tertiary/aromatic N) is 1. The summed E-state index contributed by atoms with van der Waals surface area (Å²) in [5.41, 5.74) is 2.74. The number of hydrogen-bond acceptors (Lipinski definition) is 6. The Morgan fingerprint density at radius 2 is 1.73 bits per heavy atom. The van der Waals surface area contributed by atoms with Gasteiger partial charge in [0.25, 0.3) is 5.91 Å². The van der Waals surface area contributed by atoms with E-state index in [1.165, 1.54) is 11.3 Å². The Bertz CT molecular complexity index is 891. The molecule has 0 spiro atoms. The van der Waals surface area contributed by atoms with Crippen LogP contribution in [-0.4, -0.2) is 23.5 Å². The normalized spacial score (nSPS) is 10.2. The summed E-state index contributed by atoms with van der Waals surface area (Å²) in [6.45, 7) is 1.35. The molecule has 132 valence electrons. The second kappa shape index (κ2) is 8.26. The molecule has 1 aromatic heterocycles. The molecule has 7 heteroatoms. The van der Waals surface area contributed by atoms with Crippen molar-refractivity contribution >= 4 is 28.9 Å². The second-order valence-corrected chi connectivity index (χ2v) is 6.19. The minimum absolute atomic E-state index is 0.363. The van der Waals surface area contributed by atoms with Crippen molar-refractivity contribution < 1.29 is 19.1 Å². The topological polar surface area (TPSA) is 77.5 Å². The average Bonchev–Trinajstić information content (AvgIpc) is 3.08. The fraction of sp³-hybridized carbons (Fsp3) is 0.105. The van der Waals surface area contributed by atoms with Crippen LogP contribution in [0.2, 0.25) is 0 Å². The maximum absolute atomic E-state index is 11.9. The van der Waals surface area contributed by atoms with E-state index in [0.717, 1.165) is 5.75 Å². The van der Waals surface area contributed by atoms with Gasteiger partial charge in [0.1, 0.15) is 16.4 Å². The first-order valence-electron chi connectivity index (χ1n) is 7.82. The lowest BCUT2D eigenvalue weighted by Gasteiger charge is -2.08. The molecular weight excluding hydrogens is 352 g/mol. The monoisotopic (exact) mass is 368 g/mol. The summed E-state index contributed by atoms with van der Waals surface area (Å²) in [6.07, 6.45) is 0. The fourth-order valence-electron chi connectivity index (χ4n) is 2.12. The lowest BCUT2D eigenvalue weighted by Crippen LogP contribution is -2.20. The van der Waals surface area contributed by atoms with Crippen LogP contribution in [0.1, 0.15) is 15.4 Å². The van der Waals surface area contributed by atoms with E-state index < -0.39 is 11.9 Å². The van der Waals surface area contributed by atoms with Gasteiger partial charge in [-0.25, -0.2) is 9.78 Å². The highest BCUT2D eigenvalue weighted by Crippen LogP contribution is 2.22. The third-order valence-electron chi connectivity index (χ3n) is 3.38. The van der Waals surface area contributed by atoms with E-state index in [2.05, 4.69) is 10.3 Å². The molecule has 0 atom stereocenters. The molecule has 1 amide bonds. The summed E-state index contributed by atoms with van der Waals surface area (Å²) in [7, 11) is 0. The van der Waals surface area contributed by atoms with Crippen LogP contribution in [0.4, 0.5) is 5.69 Å². The summed E-state index contributed by atoms with van der Waals surface area (Å²) in [4.78, 5) is 28.1. The molecular formula is C19H16N2O4S. The number of nitrogens with one attached hydrogen (secondary N) is 1. The summed E-state index contributed by atoms with van der Waals surface area (Å²) >= 11 is 1.18. The summed E-state index contributed by atoms with van der Waals surface area (Å²) < 4.78 is 10.7. The Labute approximate surface area is 154 Å². The first-order valence-corrected chi connectivity index (χ1v) is 8.70. The molecule has 0 bridgehead atoms. The van der Waals surface area contributed by atoms with E-state index in [4.69, 9.17) is 9.47 Å². The molecule has 1 heterocycles. The highest BCUT2D eigenvalue weighted by atomic mass is 32.1. The van der Waals surface area contributed by atoms with Crippen LogP contribution >= 0.6 is 11.3 Å². The number of amides is 1. The Balaban J connectivity index is 1.50. The largest absolute Gasteiger partial charge is 0.457 e. The number of thiazole rings is 1. The van der Waals surface area contributed by atoms with Crippen molar-refractivity contribution in [3.63, 3.8) is 0 Å². The zero-order valence-electron chi connectivity index (χ0n) is 14.0. The lowest BCUT2D eigenvalue weighted by atomic mass is 10.3. The number of benzene rings is 2. The number of aryl methyl sites for hydroxylation is 1. The van der Waals surface area contributed by atoms with E-state index in [9.17, 15) is 9.59 Å². The number of esters is 1. The van der Waals surface area contributed by atoms with E-state index in [0.29, 0.717) is 22.0 Å². The lowest BCUT2D eigenvalue weighted by molar-refractivity contribution is -0.119. The average molecular weight is 368 g/mol. The third-order valence-corrected chi connectivity index (χ3v) is 4.29. The van der Waals surface area contributed by atoms with Crippen molar-refractivity contribution in [2.75, 3.05) is 11.9 Å². The van der Waals surface area contributed by atoms with Crippen LogP contribution in [0.3, 0.4) is 0 Å². The van der Waals surface area contributed by atoms with Gasteiger partial charge in [-0.3, -0.25) is 4.79 Å². The Morgan fingerprint density at radius 1 is 1.04 bits per heavy atom. The first kappa shape index (κ1) is 17.6. The number of para-hydroxylation sites is 1. The first-order chi connectivity index (χ1) is 12.6. The summed E-state index contributed by atoms with van der Waals surface area (Å²) in [5.74, 6) is 0.417. The van der Waals surface area contributed by atoms with Gasteiger partial charge in [0.15, 0.2) is 6.61 Å². The van der Waals surface area contributed by atoms with Gasteiger partial charge in [-0.1, -0.05) is 18.2 Å². The Hall–Kier alpha value is -3.19. The molecule has 0 fully saturated rings. The van der Waals surface area contributed by atoms with Crippen LogP contribution in [0.15, 0.2) is 60.1 Å². The molecule has 0 saturated carbocycles. The Morgan fingerprint density at radius 3 is 2.38 bits per heavy atom. The maximum Gasteiger partial charge on any atom is 0.350 e. The molecule has 0 unspecified atom stereocenters. The molecule has 0 saturated heterocycles. The zero-order valence-corrected chi connectivity index (χ0v) is 14.8. The Kier molecular flexibility index (Phi) is 5.60. The molecule has 0 aliphatic carbocycles. The molecule has 2 aromatic carbocycles. The van der Waals surface area contributed by atoms with Crippen LogP contribution < -0.4 is 10.1 Å². The molecule has 0 aliphatic rings. The molecule has 0 radical (unpaired) electrons. The highest BCUT2D eigenvalue weighted by Gasteiger charge is 2.15. The van der Waals surface area contributed by atoms with E-state index >= 15 is 0 Å². The van der Waals surface area contributed by atoms with Gasteiger partial charge in [-0.05, 0) is 43.3 Å². The van der Waals surface area contributed by atoms with Crippen molar-refractivity contribution in [2.45, 2.75) is 6.92 Å². The summed E-state index contributed by atoms with van der Waals surface area (Å²) in [6, 6.07) is 16.3. The summed E-state index contributed by atoms with van der Waals surface area (Å²) in [5, 5.41) is 2.66. The second-order valence-electron chi connectivity index (χ2n) is 5.33. The highest BCUT2D eigenvalue weighted by molar-refractivity contribution is 7.11. The van der Waals surface area contributed by atoms with Crippen molar-refractivity contribution in [1.29, 1.82) is 0 Å². The number of ether oxygens (including phenoxy) is 2. The smallest absolute Gasteiger partial charge is 0.350 e. The number of carbonyl (C=O) groups excluding carboxylic acids is 2. The third kappa shape index (κ3) is 4.67. The maximum atomic E-state index is 11.9. The van der Waals surface area contributed by atoms with E-state index in [-0.39, 0.29) is 6.61 Å². The van der Waals surface area contributed by atoms with Gasteiger partial charge in [-0.15, -0.1) is 11.3 Å². The van der Waals surface area contributed by atoms with Gasteiger partial charge in [0.2, 0.25) is 0 Å². The fourth-order valence-corrected chi connectivity index (χ4v) is 2.82. The minimum atomic E-state index is -0.549. The van der Waals surface area contributed by atoms with Crippen LogP contribution in [0.25, 0.3) is 0 Å². The predicted molar refractivity (Wildman–Crippen MR) is 98.7 cm³/mol. The number of carbonyl (C=O) groups is 2. The molecule has 3 aromatic rings. The number of hydrogen-bond donors (Lipinski definition) is 1. The molecule has 0 aliphatic heterocycles. The molecule has 6 nitrogen and oxygen atoms in total. The predicted octanol–water partition coefficient (Wildman–Crippen LogP) is 4.04. The van der Waals surface area contributed by atoms with E-state index in [1.807, 2.05) is 30.3 Å².